The van der Waals surface area contributed by atoms with Crippen molar-refractivity contribution in [1.82, 2.24) is 15.6 Å². The standard InChI is InChI=1S/C20H21N5O3.HI/c26-25(27)18-8-6-16(7-9-18)14-23-20(24-15-19-5-3-13-28-19)22-12-10-17-4-1-2-11-21-17;/h1-9,11,13H,10,12,14-15H2,(H2,22,23,24);1H. The molecular weight excluding hydrogens is 485 g/mol. The van der Waals surface area contributed by atoms with Gasteiger partial charge in [-0.1, -0.05) is 18.2 Å². The monoisotopic (exact) mass is 507 g/mol. The molecule has 0 amide bonds. The van der Waals surface area contributed by atoms with Gasteiger partial charge in [-0.3, -0.25) is 15.1 Å². The number of benzene rings is 1. The van der Waals surface area contributed by atoms with Gasteiger partial charge in [0.05, 0.1) is 24.3 Å². The van der Waals surface area contributed by atoms with Crippen molar-refractivity contribution in [2.75, 3.05) is 6.54 Å². The molecule has 3 aromatic rings. The molecule has 0 fully saturated rings. The first-order chi connectivity index (χ1) is 13.7. The van der Waals surface area contributed by atoms with Crippen LogP contribution in [0.1, 0.15) is 17.0 Å². The molecule has 1 aromatic carbocycles. The molecular formula is C20H22IN5O3. The molecule has 3 rings (SSSR count). The first-order valence-electron chi connectivity index (χ1n) is 8.88. The fraction of sp³-hybridized carbons (Fsp3) is 0.200. The van der Waals surface area contributed by atoms with E-state index in [2.05, 4.69) is 20.6 Å². The van der Waals surface area contributed by atoms with E-state index in [0.717, 1.165) is 23.4 Å². The number of nitrogens with one attached hydrogen (secondary N) is 2. The predicted molar refractivity (Wildman–Crippen MR) is 121 cm³/mol. The Labute approximate surface area is 185 Å². The van der Waals surface area contributed by atoms with Gasteiger partial charge in [0.25, 0.3) is 5.69 Å². The second-order valence-electron chi connectivity index (χ2n) is 6.02. The Kier molecular flexibility index (Phi) is 9.09. The van der Waals surface area contributed by atoms with Crippen molar-refractivity contribution in [3.05, 3.63) is 94.2 Å². The number of hydrogen-bond acceptors (Lipinski definition) is 5. The normalized spacial score (nSPS) is 10.8. The van der Waals surface area contributed by atoms with E-state index in [4.69, 9.17) is 4.42 Å². The molecule has 0 aliphatic heterocycles. The third-order valence-corrected chi connectivity index (χ3v) is 3.98. The van der Waals surface area contributed by atoms with Crippen molar-refractivity contribution in [2.45, 2.75) is 19.5 Å². The summed E-state index contributed by atoms with van der Waals surface area (Å²) in [7, 11) is 0. The minimum absolute atomic E-state index is 0. The molecule has 0 saturated heterocycles. The van der Waals surface area contributed by atoms with Crippen molar-refractivity contribution < 1.29 is 9.34 Å². The zero-order valence-electron chi connectivity index (χ0n) is 15.7. The maximum Gasteiger partial charge on any atom is 0.269 e. The van der Waals surface area contributed by atoms with E-state index in [-0.39, 0.29) is 29.7 Å². The molecule has 0 saturated carbocycles. The lowest BCUT2D eigenvalue weighted by Gasteiger charge is -2.12. The van der Waals surface area contributed by atoms with Gasteiger partial charge in [-0.25, -0.2) is 4.99 Å². The number of nitro benzene ring substituents is 1. The van der Waals surface area contributed by atoms with Gasteiger partial charge >= 0.3 is 0 Å². The van der Waals surface area contributed by atoms with E-state index in [0.29, 0.717) is 25.6 Å². The fourth-order valence-corrected chi connectivity index (χ4v) is 2.51. The van der Waals surface area contributed by atoms with Gasteiger partial charge in [0.1, 0.15) is 5.76 Å². The summed E-state index contributed by atoms with van der Waals surface area (Å²) in [6.07, 6.45) is 4.16. The zero-order chi connectivity index (χ0) is 19.6. The van der Waals surface area contributed by atoms with Gasteiger partial charge in [0.2, 0.25) is 0 Å². The van der Waals surface area contributed by atoms with Gasteiger partial charge < -0.3 is 15.1 Å². The molecule has 152 valence electrons. The number of pyridine rings is 1. The summed E-state index contributed by atoms with van der Waals surface area (Å²) in [6.45, 7) is 1.57. The minimum Gasteiger partial charge on any atom is -0.467 e. The molecule has 9 heteroatoms. The Hall–Kier alpha value is -2.95. The average molecular weight is 507 g/mol. The number of aliphatic imine (C=N–C) groups is 1. The van der Waals surface area contributed by atoms with Gasteiger partial charge in [-0.2, -0.15) is 0 Å². The van der Waals surface area contributed by atoms with E-state index in [9.17, 15) is 10.1 Å². The molecule has 0 unspecified atom stereocenters. The largest absolute Gasteiger partial charge is 0.467 e. The van der Waals surface area contributed by atoms with Gasteiger partial charge in [-0.15, -0.1) is 24.0 Å². The summed E-state index contributed by atoms with van der Waals surface area (Å²) < 4.78 is 5.34. The van der Waals surface area contributed by atoms with Crippen molar-refractivity contribution in [3.8, 4) is 0 Å². The summed E-state index contributed by atoms with van der Waals surface area (Å²) >= 11 is 0. The van der Waals surface area contributed by atoms with Crippen LogP contribution in [0.2, 0.25) is 0 Å². The van der Waals surface area contributed by atoms with Crippen molar-refractivity contribution in [1.29, 1.82) is 0 Å². The summed E-state index contributed by atoms with van der Waals surface area (Å²) in [5, 5.41) is 17.3. The molecule has 0 spiro atoms. The average Bonchev–Trinajstić information content (AvgIpc) is 3.24. The highest BCUT2D eigenvalue weighted by Gasteiger charge is 2.05. The van der Waals surface area contributed by atoms with E-state index in [1.54, 1.807) is 24.6 Å². The highest BCUT2D eigenvalue weighted by atomic mass is 127. The van der Waals surface area contributed by atoms with Crippen molar-refractivity contribution in [2.24, 2.45) is 4.99 Å². The van der Waals surface area contributed by atoms with Gasteiger partial charge in [0.15, 0.2) is 5.96 Å². The van der Waals surface area contributed by atoms with Crippen LogP contribution in [0.4, 0.5) is 5.69 Å². The van der Waals surface area contributed by atoms with Crippen LogP contribution in [0, 0.1) is 10.1 Å². The Balaban J connectivity index is 0.00000300. The number of rotatable bonds is 8. The number of nitrogens with zero attached hydrogens (tertiary/aromatic N) is 3. The second-order valence-corrected chi connectivity index (χ2v) is 6.02. The maximum absolute atomic E-state index is 10.8. The lowest BCUT2D eigenvalue weighted by atomic mass is 10.2. The topological polar surface area (TPSA) is 106 Å². The van der Waals surface area contributed by atoms with Crippen molar-refractivity contribution in [3.63, 3.8) is 0 Å². The molecule has 29 heavy (non-hydrogen) atoms. The van der Waals surface area contributed by atoms with E-state index >= 15 is 0 Å². The molecule has 8 nitrogen and oxygen atoms in total. The Bertz CT molecular complexity index is 900. The SMILES string of the molecule is I.O=[N+]([O-])c1ccc(CN=C(NCCc2ccccn2)NCc2ccco2)cc1. The molecule has 0 bridgehead atoms. The number of non-ortho nitro benzene ring substituents is 1. The quantitative estimate of drug-likeness (QED) is 0.159. The van der Waals surface area contributed by atoms with Crippen LogP contribution in [-0.4, -0.2) is 22.4 Å². The molecule has 0 aliphatic rings. The summed E-state index contributed by atoms with van der Waals surface area (Å²) in [4.78, 5) is 19.2. The first-order valence-corrected chi connectivity index (χ1v) is 8.88. The second kappa shape index (κ2) is 11.8. The van der Waals surface area contributed by atoms with E-state index in [1.807, 2.05) is 30.3 Å². The minimum atomic E-state index is -0.414. The lowest BCUT2D eigenvalue weighted by Crippen LogP contribution is -2.38. The van der Waals surface area contributed by atoms with E-state index < -0.39 is 4.92 Å². The van der Waals surface area contributed by atoms with Crippen molar-refractivity contribution >= 4 is 35.6 Å². The Morgan fingerprint density at radius 2 is 1.93 bits per heavy atom. The number of aromatic nitrogens is 1. The smallest absolute Gasteiger partial charge is 0.269 e. The molecule has 0 aliphatic carbocycles. The van der Waals surface area contributed by atoms with Gasteiger partial charge in [-0.05, 0) is 29.8 Å². The van der Waals surface area contributed by atoms with Crippen LogP contribution in [0.5, 0.6) is 0 Å². The molecule has 2 heterocycles. The molecule has 0 radical (unpaired) electrons. The first kappa shape index (κ1) is 22.3. The third kappa shape index (κ3) is 7.53. The molecule has 0 atom stereocenters. The highest BCUT2D eigenvalue weighted by molar-refractivity contribution is 14.0. The van der Waals surface area contributed by atoms with Gasteiger partial charge in [0, 0.05) is 37.0 Å². The number of furan rings is 1. The Morgan fingerprint density at radius 1 is 1.10 bits per heavy atom. The van der Waals surface area contributed by atoms with Crippen LogP contribution >= 0.6 is 24.0 Å². The summed E-state index contributed by atoms with van der Waals surface area (Å²) in [5.41, 5.74) is 1.95. The number of guanidine groups is 1. The fourth-order valence-electron chi connectivity index (χ4n) is 2.51. The third-order valence-electron chi connectivity index (χ3n) is 3.98. The summed E-state index contributed by atoms with van der Waals surface area (Å²) in [5.74, 6) is 1.43. The highest BCUT2D eigenvalue weighted by Crippen LogP contribution is 2.12. The van der Waals surface area contributed by atoms with Crippen LogP contribution in [0.3, 0.4) is 0 Å². The molecule has 2 N–H and O–H groups in total. The zero-order valence-corrected chi connectivity index (χ0v) is 18.0. The maximum atomic E-state index is 10.8. The van der Waals surface area contributed by atoms with Crippen LogP contribution < -0.4 is 10.6 Å². The van der Waals surface area contributed by atoms with Crippen LogP contribution in [-0.2, 0) is 19.5 Å². The molecule has 2 aromatic heterocycles. The van der Waals surface area contributed by atoms with E-state index in [1.165, 1.54) is 12.1 Å². The number of nitro groups is 1. The number of halogens is 1. The van der Waals surface area contributed by atoms with Crippen LogP contribution in [0.15, 0.2) is 76.5 Å². The predicted octanol–water partition coefficient (Wildman–Crippen LogP) is 3.68. The van der Waals surface area contributed by atoms with Crippen LogP contribution in [0.25, 0.3) is 0 Å². The Morgan fingerprint density at radius 3 is 2.59 bits per heavy atom. The summed E-state index contributed by atoms with van der Waals surface area (Å²) in [6, 6.07) is 15.9. The number of hydrogen-bond donors (Lipinski definition) is 2. The lowest BCUT2D eigenvalue weighted by molar-refractivity contribution is -0.384.